The second-order valence-electron chi connectivity index (χ2n) is 4.68. The van der Waals surface area contributed by atoms with E-state index in [0.717, 1.165) is 19.0 Å². The van der Waals surface area contributed by atoms with Crippen LogP contribution in [0.5, 0.6) is 0 Å². The highest BCUT2D eigenvalue weighted by Crippen LogP contribution is 2.14. The molecule has 0 spiro atoms. The van der Waals surface area contributed by atoms with Crippen molar-refractivity contribution in [3.05, 3.63) is 0 Å². The Morgan fingerprint density at radius 2 is 2.29 bits per heavy atom. The summed E-state index contributed by atoms with van der Waals surface area (Å²) in [5.41, 5.74) is 0. The molecule has 0 aromatic heterocycles. The second kappa shape index (κ2) is 5.35. The van der Waals surface area contributed by atoms with E-state index in [2.05, 4.69) is 17.6 Å². The largest absolute Gasteiger partial charge is 0.354 e. The molecule has 1 rings (SSSR count). The first kappa shape index (κ1) is 11.5. The number of carbonyl (C=O) groups excluding carboxylic acids is 1. The number of amides is 1. The van der Waals surface area contributed by atoms with E-state index >= 15 is 0 Å². The van der Waals surface area contributed by atoms with Crippen LogP contribution in [0.25, 0.3) is 0 Å². The van der Waals surface area contributed by atoms with Gasteiger partial charge >= 0.3 is 0 Å². The predicted octanol–water partition coefficient (Wildman–Crippen LogP) is 1.15. The van der Waals surface area contributed by atoms with Crippen molar-refractivity contribution in [1.29, 1.82) is 0 Å². The van der Waals surface area contributed by atoms with Gasteiger partial charge in [-0.2, -0.15) is 0 Å². The van der Waals surface area contributed by atoms with Crippen LogP contribution in [-0.4, -0.2) is 25.0 Å². The molecule has 2 atom stereocenters. The van der Waals surface area contributed by atoms with Gasteiger partial charge in [0, 0.05) is 18.5 Å². The summed E-state index contributed by atoms with van der Waals surface area (Å²) in [7, 11) is 0. The molecule has 3 nitrogen and oxygen atoms in total. The zero-order valence-corrected chi connectivity index (χ0v) is 9.47. The Kier molecular flexibility index (Phi) is 4.39. The molecule has 1 fully saturated rings. The van der Waals surface area contributed by atoms with E-state index in [-0.39, 0.29) is 11.8 Å². The number of carbonyl (C=O) groups is 1. The zero-order valence-electron chi connectivity index (χ0n) is 9.47. The summed E-state index contributed by atoms with van der Waals surface area (Å²) in [5, 5.41) is 6.40. The molecule has 2 unspecified atom stereocenters. The molecule has 0 bridgehead atoms. The highest BCUT2D eigenvalue weighted by atomic mass is 16.1. The van der Waals surface area contributed by atoms with Gasteiger partial charge in [0.15, 0.2) is 0 Å². The number of rotatable bonds is 3. The van der Waals surface area contributed by atoms with E-state index in [1.807, 2.05) is 13.8 Å². The molecule has 2 N–H and O–H groups in total. The Hall–Kier alpha value is -0.570. The molecule has 1 aliphatic heterocycles. The summed E-state index contributed by atoms with van der Waals surface area (Å²) in [6, 6.07) is 0.474. The third-order valence-electron chi connectivity index (χ3n) is 2.80. The van der Waals surface area contributed by atoms with Crippen LogP contribution < -0.4 is 10.6 Å². The summed E-state index contributed by atoms with van der Waals surface area (Å²) in [6.45, 7) is 7.99. The van der Waals surface area contributed by atoms with Gasteiger partial charge in [0.05, 0.1) is 0 Å². The van der Waals surface area contributed by atoms with Crippen molar-refractivity contribution < 1.29 is 4.79 Å². The Morgan fingerprint density at radius 1 is 1.57 bits per heavy atom. The number of hydrogen-bond donors (Lipinski definition) is 2. The monoisotopic (exact) mass is 198 g/mol. The summed E-state index contributed by atoms with van der Waals surface area (Å²) in [6.07, 6.45) is 2.44. The van der Waals surface area contributed by atoms with Crippen molar-refractivity contribution in [2.75, 3.05) is 13.1 Å². The van der Waals surface area contributed by atoms with Gasteiger partial charge in [0.1, 0.15) is 0 Å². The first-order chi connectivity index (χ1) is 6.59. The van der Waals surface area contributed by atoms with Crippen molar-refractivity contribution in [3.8, 4) is 0 Å². The highest BCUT2D eigenvalue weighted by molar-refractivity contribution is 5.77. The molecule has 0 radical (unpaired) electrons. The predicted molar refractivity (Wildman–Crippen MR) is 58.0 cm³/mol. The quantitative estimate of drug-likeness (QED) is 0.714. The van der Waals surface area contributed by atoms with Gasteiger partial charge in [-0.05, 0) is 25.3 Å². The first-order valence-electron chi connectivity index (χ1n) is 5.60. The van der Waals surface area contributed by atoms with Crippen LogP contribution in [0, 0.1) is 11.8 Å². The smallest absolute Gasteiger partial charge is 0.222 e. The molecular weight excluding hydrogens is 176 g/mol. The van der Waals surface area contributed by atoms with E-state index < -0.39 is 0 Å². The van der Waals surface area contributed by atoms with Crippen molar-refractivity contribution in [2.45, 2.75) is 39.7 Å². The third-order valence-corrected chi connectivity index (χ3v) is 2.80. The average molecular weight is 198 g/mol. The highest BCUT2D eigenvalue weighted by Gasteiger charge is 2.18. The van der Waals surface area contributed by atoms with Crippen LogP contribution in [0.2, 0.25) is 0 Å². The lowest BCUT2D eigenvalue weighted by Crippen LogP contribution is -2.46. The van der Waals surface area contributed by atoms with Crippen molar-refractivity contribution >= 4 is 5.91 Å². The van der Waals surface area contributed by atoms with E-state index in [9.17, 15) is 4.79 Å². The minimum absolute atomic E-state index is 0.0935. The molecule has 0 saturated carbocycles. The van der Waals surface area contributed by atoms with Gasteiger partial charge < -0.3 is 10.6 Å². The SMILES string of the molecule is CC1CCNC(CNC(=O)C(C)C)C1. The minimum atomic E-state index is 0.0935. The first-order valence-corrected chi connectivity index (χ1v) is 5.60. The fourth-order valence-electron chi connectivity index (χ4n) is 1.80. The zero-order chi connectivity index (χ0) is 10.6. The molecule has 82 valence electrons. The van der Waals surface area contributed by atoms with Crippen LogP contribution in [0.4, 0.5) is 0 Å². The Labute approximate surface area is 86.6 Å². The van der Waals surface area contributed by atoms with Gasteiger partial charge in [0.2, 0.25) is 5.91 Å². The maximum Gasteiger partial charge on any atom is 0.222 e. The molecule has 0 aliphatic carbocycles. The molecule has 1 heterocycles. The number of piperidine rings is 1. The van der Waals surface area contributed by atoms with Crippen molar-refractivity contribution in [1.82, 2.24) is 10.6 Å². The number of hydrogen-bond acceptors (Lipinski definition) is 2. The molecular formula is C11H22N2O. The van der Waals surface area contributed by atoms with Gasteiger partial charge in [-0.15, -0.1) is 0 Å². The second-order valence-corrected chi connectivity index (χ2v) is 4.68. The van der Waals surface area contributed by atoms with Crippen molar-refractivity contribution in [2.24, 2.45) is 11.8 Å². The van der Waals surface area contributed by atoms with Gasteiger partial charge in [-0.3, -0.25) is 4.79 Å². The fourth-order valence-corrected chi connectivity index (χ4v) is 1.80. The summed E-state index contributed by atoms with van der Waals surface area (Å²) >= 11 is 0. The topological polar surface area (TPSA) is 41.1 Å². The Balaban J connectivity index is 2.20. The summed E-state index contributed by atoms with van der Waals surface area (Å²) < 4.78 is 0. The van der Waals surface area contributed by atoms with Gasteiger partial charge in [-0.25, -0.2) is 0 Å². The van der Waals surface area contributed by atoms with E-state index in [4.69, 9.17) is 0 Å². The van der Waals surface area contributed by atoms with E-state index in [1.165, 1.54) is 12.8 Å². The third kappa shape index (κ3) is 3.66. The van der Waals surface area contributed by atoms with Crippen LogP contribution in [-0.2, 0) is 4.79 Å². The van der Waals surface area contributed by atoms with Crippen LogP contribution in [0.3, 0.4) is 0 Å². The van der Waals surface area contributed by atoms with Gasteiger partial charge in [0.25, 0.3) is 0 Å². The lowest BCUT2D eigenvalue weighted by molar-refractivity contribution is -0.124. The molecule has 0 aromatic carbocycles. The van der Waals surface area contributed by atoms with Crippen molar-refractivity contribution in [3.63, 3.8) is 0 Å². The molecule has 1 saturated heterocycles. The van der Waals surface area contributed by atoms with Crippen LogP contribution >= 0.6 is 0 Å². The van der Waals surface area contributed by atoms with E-state index in [0.29, 0.717) is 6.04 Å². The van der Waals surface area contributed by atoms with Crippen LogP contribution in [0.1, 0.15) is 33.6 Å². The molecule has 0 aromatic rings. The van der Waals surface area contributed by atoms with Crippen LogP contribution in [0.15, 0.2) is 0 Å². The molecule has 1 amide bonds. The standard InChI is InChI=1S/C11H22N2O/c1-8(2)11(14)13-7-10-6-9(3)4-5-12-10/h8-10,12H,4-7H2,1-3H3,(H,13,14). The number of nitrogens with one attached hydrogen (secondary N) is 2. The van der Waals surface area contributed by atoms with Gasteiger partial charge in [-0.1, -0.05) is 20.8 Å². The Bertz CT molecular complexity index is 192. The lowest BCUT2D eigenvalue weighted by atomic mass is 9.94. The average Bonchev–Trinajstić information content (AvgIpc) is 2.14. The molecule has 1 aliphatic rings. The minimum Gasteiger partial charge on any atom is -0.354 e. The fraction of sp³-hybridized carbons (Fsp3) is 0.909. The lowest BCUT2D eigenvalue weighted by Gasteiger charge is -2.28. The molecule has 14 heavy (non-hydrogen) atoms. The molecule has 3 heteroatoms. The maximum absolute atomic E-state index is 11.3. The Morgan fingerprint density at radius 3 is 2.86 bits per heavy atom. The normalized spacial score (nSPS) is 27.7. The summed E-state index contributed by atoms with van der Waals surface area (Å²) in [5.74, 6) is 1.04. The maximum atomic E-state index is 11.3. The summed E-state index contributed by atoms with van der Waals surface area (Å²) in [4.78, 5) is 11.3. The van der Waals surface area contributed by atoms with E-state index in [1.54, 1.807) is 0 Å².